The van der Waals surface area contributed by atoms with Crippen molar-refractivity contribution in [1.29, 1.82) is 0 Å². The van der Waals surface area contributed by atoms with Crippen molar-refractivity contribution in [3.63, 3.8) is 0 Å². The SMILES string of the molecule is O=C(CSc1nnnn1Cc1ccccc1)N1CCN(Cc2ccc3c(c2)OCO3)CC1. The molecule has 0 N–H and O–H groups in total. The van der Waals surface area contributed by atoms with Gasteiger partial charge in [0.1, 0.15) is 0 Å². The predicted octanol–water partition coefficient (Wildman–Crippen LogP) is 1.89. The summed E-state index contributed by atoms with van der Waals surface area (Å²) in [5.41, 5.74) is 2.31. The highest BCUT2D eigenvalue weighted by molar-refractivity contribution is 7.99. The summed E-state index contributed by atoms with van der Waals surface area (Å²) in [6, 6.07) is 16.1. The number of carbonyl (C=O) groups is 1. The molecule has 0 atom stereocenters. The van der Waals surface area contributed by atoms with Gasteiger partial charge in [0.25, 0.3) is 0 Å². The molecular formula is C22H24N6O3S. The van der Waals surface area contributed by atoms with Gasteiger partial charge in [-0.15, -0.1) is 5.10 Å². The van der Waals surface area contributed by atoms with Gasteiger partial charge in [-0.1, -0.05) is 48.2 Å². The van der Waals surface area contributed by atoms with Crippen molar-refractivity contribution in [3.8, 4) is 11.5 Å². The van der Waals surface area contributed by atoms with E-state index in [1.807, 2.05) is 47.4 Å². The van der Waals surface area contributed by atoms with Gasteiger partial charge >= 0.3 is 0 Å². The molecular weight excluding hydrogens is 428 g/mol. The molecule has 0 aliphatic carbocycles. The van der Waals surface area contributed by atoms with Gasteiger partial charge in [0.05, 0.1) is 12.3 Å². The molecule has 166 valence electrons. The van der Waals surface area contributed by atoms with Crippen molar-refractivity contribution < 1.29 is 14.3 Å². The number of fused-ring (bicyclic) bond motifs is 1. The second kappa shape index (κ2) is 9.58. The van der Waals surface area contributed by atoms with Gasteiger partial charge in [-0.25, -0.2) is 4.68 Å². The van der Waals surface area contributed by atoms with Gasteiger partial charge in [-0.05, 0) is 33.7 Å². The van der Waals surface area contributed by atoms with E-state index in [1.54, 1.807) is 4.68 Å². The number of hydrogen-bond acceptors (Lipinski definition) is 8. The molecule has 2 aromatic carbocycles. The molecule has 1 aromatic heterocycles. The van der Waals surface area contributed by atoms with Crippen molar-refractivity contribution in [2.45, 2.75) is 18.2 Å². The van der Waals surface area contributed by atoms with Gasteiger partial charge in [0, 0.05) is 32.7 Å². The second-order valence-electron chi connectivity index (χ2n) is 7.74. The Labute approximate surface area is 190 Å². The summed E-state index contributed by atoms with van der Waals surface area (Å²) in [6.07, 6.45) is 0. The minimum atomic E-state index is 0.118. The lowest BCUT2D eigenvalue weighted by Gasteiger charge is -2.34. The van der Waals surface area contributed by atoms with Crippen LogP contribution in [0.25, 0.3) is 0 Å². The van der Waals surface area contributed by atoms with E-state index in [0.717, 1.165) is 49.8 Å². The molecule has 2 aliphatic rings. The average Bonchev–Trinajstić information content (AvgIpc) is 3.47. The third-order valence-electron chi connectivity index (χ3n) is 5.57. The first-order valence-electron chi connectivity index (χ1n) is 10.6. The molecule has 2 aliphatic heterocycles. The number of benzene rings is 2. The highest BCUT2D eigenvalue weighted by atomic mass is 32.2. The zero-order valence-corrected chi connectivity index (χ0v) is 18.4. The maximum Gasteiger partial charge on any atom is 0.233 e. The smallest absolute Gasteiger partial charge is 0.233 e. The van der Waals surface area contributed by atoms with Gasteiger partial charge < -0.3 is 14.4 Å². The van der Waals surface area contributed by atoms with Crippen LogP contribution in [0.1, 0.15) is 11.1 Å². The number of ether oxygens (including phenoxy) is 2. The first kappa shape index (κ1) is 20.8. The first-order chi connectivity index (χ1) is 15.7. The summed E-state index contributed by atoms with van der Waals surface area (Å²) in [5.74, 6) is 2.06. The number of thioether (sulfide) groups is 1. The minimum absolute atomic E-state index is 0.118. The molecule has 0 bridgehead atoms. The quantitative estimate of drug-likeness (QED) is 0.503. The van der Waals surface area contributed by atoms with E-state index < -0.39 is 0 Å². The Morgan fingerprint density at radius 1 is 0.938 bits per heavy atom. The molecule has 9 nitrogen and oxygen atoms in total. The van der Waals surface area contributed by atoms with Crippen molar-refractivity contribution >= 4 is 17.7 Å². The summed E-state index contributed by atoms with van der Waals surface area (Å²) in [4.78, 5) is 17.0. The number of rotatable bonds is 7. The molecule has 0 radical (unpaired) electrons. The van der Waals surface area contributed by atoms with Crippen LogP contribution >= 0.6 is 11.8 Å². The van der Waals surface area contributed by atoms with Crippen molar-refractivity contribution in [1.82, 2.24) is 30.0 Å². The highest BCUT2D eigenvalue weighted by Crippen LogP contribution is 2.32. The molecule has 0 saturated carbocycles. The van der Waals surface area contributed by atoms with Crippen LogP contribution in [0.2, 0.25) is 0 Å². The monoisotopic (exact) mass is 452 g/mol. The minimum Gasteiger partial charge on any atom is -0.454 e. The molecule has 3 heterocycles. The molecule has 1 amide bonds. The number of amides is 1. The van der Waals surface area contributed by atoms with Gasteiger partial charge in [0.2, 0.25) is 17.9 Å². The predicted molar refractivity (Wildman–Crippen MR) is 119 cm³/mol. The van der Waals surface area contributed by atoms with Crippen LogP contribution in [-0.2, 0) is 17.9 Å². The van der Waals surface area contributed by atoms with Crippen LogP contribution in [-0.4, -0.2) is 74.6 Å². The fourth-order valence-electron chi connectivity index (χ4n) is 3.83. The van der Waals surface area contributed by atoms with Gasteiger partial charge in [-0.3, -0.25) is 9.69 Å². The Balaban J connectivity index is 1.09. The summed E-state index contributed by atoms with van der Waals surface area (Å²) in [5, 5.41) is 12.6. The topological polar surface area (TPSA) is 85.6 Å². The van der Waals surface area contributed by atoms with Crippen LogP contribution in [0, 0.1) is 0 Å². The summed E-state index contributed by atoms with van der Waals surface area (Å²) in [7, 11) is 0. The standard InChI is InChI=1S/C22H24N6O3S/c29-21(15-32-22-23-24-25-28(22)14-17-4-2-1-3-5-17)27-10-8-26(9-11-27)13-18-6-7-19-20(12-18)31-16-30-19/h1-7,12H,8-11,13-16H2. The van der Waals surface area contributed by atoms with E-state index in [-0.39, 0.29) is 12.7 Å². The number of nitrogens with zero attached hydrogens (tertiary/aromatic N) is 6. The Kier molecular flexibility index (Phi) is 6.22. The molecule has 0 unspecified atom stereocenters. The number of tetrazole rings is 1. The van der Waals surface area contributed by atoms with Crippen molar-refractivity contribution in [2.75, 3.05) is 38.7 Å². The summed E-state index contributed by atoms with van der Waals surface area (Å²) in [6.45, 7) is 4.84. The molecule has 32 heavy (non-hydrogen) atoms. The fourth-order valence-corrected chi connectivity index (χ4v) is 4.61. The Hall–Kier alpha value is -3.11. The normalized spacial score (nSPS) is 15.8. The lowest BCUT2D eigenvalue weighted by Crippen LogP contribution is -2.48. The largest absolute Gasteiger partial charge is 0.454 e. The third-order valence-corrected chi connectivity index (χ3v) is 6.51. The Morgan fingerprint density at radius 3 is 2.59 bits per heavy atom. The van der Waals surface area contributed by atoms with E-state index in [9.17, 15) is 4.79 Å². The van der Waals surface area contributed by atoms with Gasteiger partial charge in [0.15, 0.2) is 11.5 Å². The highest BCUT2D eigenvalue weighted by Gasteiger charge is 2.23. The summed E-state index contributed by atoms with van der Waals surface area (Å²) >= 11 is 1.39. The van der Waals surface area contributed by atoms with E-state index >= 15 is 0 Å². The maximum absolute atomic E-state index is 12.7. The Bertz CT molecular complexity index is 1070. The number of carbonyl (C=O) groups excluding carboxylic acids is 1. The van der Waals surface area contributed by atoms with E-state index in [0.29, 0.717) is 17.5 Å². The molecule has 3 aromatic rings. The number of piperazine rings is 1. The lowest BCUT2D eigenvalue weighted by molar-refractivity contribution is -0.130. The third kappa shape index (κ3) is 4.86. The van der Waals surface area contributed by atoms with Gasteiger partial charge in [-0.2, -0.15) is 0 Å². The fraction of sp³-hybridized carbons (Fsp3) is 0.364. The summed E-state index contributed by atoms with van der Waals surface area (Å²) < 4.78 is 12.6. The van der Waals surface area contributed by atoms with Crippen LogP contribution < -0.4 is 9.47 Å². The number of hydrogen-bond donors (Lipinski definition) is 0. The van der Waals surface area contributed by atoms with Crippen molar-refractivity contribution in [2.24, 2.45) is 0 Å². The van der Waals surface area contributed by atoms with E-state index in [1.165, 1.54) is 17.3 Å². The molecule has 0 spiro atoms. The van der Waals surface area contributed by atoms with E-state index in [2.05, 4.69) is 26.5 Å². The maximum atomic E-state index is 12.7. The van der Waals surface area contributed by atoms with E-state index in [4.69, 9.17) is 9.47 Å². The van der Waals surface area contributed by atoms with Crippen LogP contribution in [0.4, 0.5) is 0 Å². The molecule has 10 heteroatoms. The Morgan fingerprint density at radius 2 is 1.75 bits per heavy atom. The molecule has 1 fully saturated rings. The molecule has 5 rings (SSSR count). The van der Waals surface area contributed by atoms with Crippen molar-refractivity contribution in [3.05, 3.63) is 59.7 Å². The first-order valence-corrected chi connectivity index (χ1v) is 11.5. The van der Waals surface area contributed by atoms with Crippen LogP contribution in [0.15, 0.2) is 53.7 Å². The number of aromatic nitrogens is 4. The van der Waals surface area contributed by atoms with Crippen LogP contribution in [0.5, 0.6) is 11.5 Å². The zero-order chi connectivity index (χ0) is 21.8. The molecule has 1 saturated heterocycles. The van der Waals surface area contributed by atoms with Crippen LogP contribution in [0.3, 0.4) is 0 Å². The zero-order valence-electron chi connectivity index (χ0n) is 17.6. The lowest BCUT2D eigenvalue weighted by atomic mass is 10.1. The second-order valence-corrected chi connectivity index (χ2v) is 8.68. The average molecular weight is 453 g/mol.